The largest absolute Gasteiger partial charge is 0.307 e. The van der Waals surface area contributed by atoms with Crippen molar-refractivity contribution in [2.45, 2.75) is 70.2 Å². The molecule has 2 rings (SSSR count). The van der Waals surface area contributed by atoms with Gasteiger partial charge in [-0.05, 0) is 18.6 Å². The van der Waals surface area contributed by atoms with E-state index in [2.05, 4.69) is 50.2 Å². The summed E-state index contributed by atoms with van der Waals surface area (Å²) in [6.07, 6.45) is 4.08. The minimum Gasteiger partial charge on any atom is -0.307 e. The van der Waals surface area contributed by atoms with Crippen LogP contribution in [-0.2, 0) is 12.0 Å². The number of nitrogens with zero attached hydrogens (tertiary/aromatic N) is 1. The van der Waals surface area contributed by atoms with Gasteiger partial charge in [0.05, 0.1) is 5.69 Å². The summed E-state index contributed by atoms with van der Waals surface area (Å²) in [6.45, 7) is 9.88. The second-order valence-electron chi connectivity index (χ2n) is 6.29. The lowest BCUT2D eigenvalue weighted by molar-refractivity contribution is 0.526. The van der Waals surface area contributed by atoms with Crippen LogP contribution in [0.15, 0.2) is 5.38 Å². The second-order valence-corrected chi connectivity index (χ2v) is 8.75. The molecular weight excluding hydrogens is 272 g/mol. The third-order valence-electron chi connectivity index (χ3n) is 3.67. The lowest BCUT2D eigenvalue weighted by Gasteiger charge is -2.19. The molecule has 108 valence electrons. The molecule has 0 bridgehead atoms. The maximum absolute atomic E-state index is 4.76. The van der Waals surface area contributed by atoms with Crippen LogP contribution < -0.4 is 5.32 Å². The van der Waals surface area contributed by atoms with Crippen LogP contribution in [0.4, 0.5) is 0 Å². The molecule has 1 aliphatic rings. The molecule has 1 aliphatic carbocycles. The van der Waals surface area contributed by atoms with E-state index in [1.54, 1.807) is 11.3 Å². The first-order chi connectivity index (χ1) is 9.00. The Bertz CT molecular complexity index is 395. The fourth-order valence-electron chi connectivity index (χ4n) is 2.53. The molecule has 0 amide bonds. The second kappa shape index (κ2) is 6.59. The molecule has 0 aliphatic heterocycles. The van der Waals surface area contributed by atoms with Crippen LogP contribution in [0.1, 0.15) is 57.7 Å². The first kappa shape index (κ1) is 15.3. The summed E-state index contributed by atoms with van der Waals surface area (Å²) in [5.41, 5.74) is 1.39. The highest BCUT2D eigenvalue weighted by atomic mass is 32.2. The molecule has 1 aromatic heterocycles. The molecule has 2 atom stereocenters. The lowest BCUT2D eigenvalue weighted by atomic mass is 9.93. The van der Waals surface area contributed by atoms with Gasteiger partial charge in [-0.15, -0.1) is 11.3 Å². The molecule has 1 aromatic rings. The molecule has 1 heterocycles. The van der Waals surface area contributed by atoms with Crippen molar-refractivity contribution >= 4 is 23.1 Å². The van der Waals surface area contributed by atoms with Gasteiger partial charge in [0.2, 0.25) is 0 Å². The van der Waals surface area contributed by atoms with Crippen LogP contribution in [0.25, 0.3) is 0 Å². The van der Waals surface area contributed by atoms with Gasteiger partial charge in [-0.3, -0.25) is 0 Å². The van der Waals surface area contributed by atoms with E-state index in [1.807, 2.05) is 0 Å². The highest BCUT2D eigenvalue weighted by Crippen LogP contribution is 2.30. The Kier molecular flexibility index (Phi) is 5.32. The van der Waals surface area contributed by atoms with E-state index < -0.39 is 0 Å². The van der Waals surface area contributed by atoms with Crippen molar-refractivity contribution in [2.24, 2.45) is 0 Å². The molecule has 2 nitrogen and oxygen atoms in total. The lowest BCUT2D eigenvalue weighted by Crippen LogP contribution is -2.33. The maximum atomic E-state index is 4.76. The Balaban J connectivity index is 1.87. The van der Waals surface area contributed by atoms with E-state index in [4.69, 9.17) is 4.98 Å². The summed E-state index contributed by atoms with van der Waals surface area (Å²) in [5.74, 6) is 1.23. The highest BCUT2D eigenvalue weighted by Gasteiger charge is 2.27. The summed E-state index contributed by atoms with van der Waals surface area (Å²) in [7, 11) is 0. The van der Waals surface area contributed by atoms with Gasteiger partial charge in [0.25, 0.3) is 0 Å². The predicted molar refractivity (Wildman–Crippen MR) is 87.2 cm³/mol. The van der Waals surface area contributed by atoms with Gasteiger partial charge in [0.1, 0.15) is 5.01 Å². The van der Waals surface area contributed by atoms with E-state index in [0.717, 1.165) is 11.8 Å². The molecule has 1 saturated carbocycles. The zero-order valence-corrected chi connectivity index (χ0v) is 14.2. The van der Waals surface area contributed by atoms with Gasteiger partial charge >= 0.3 is 0 Å². The van der Waals surface area contributed by atoms with Crippen LogP contribution in [0, 0.1) is 0 Å². The summed E-state index contributed by atoms with van der Waals surface area (Å²) >= 11 is 3.91. The fourth-order valence-corrected chi connectivity index (χ4v) is 4.73. The van der Waals surface area contributed by atoms with E-state index >= 15 is 0 Å². The van der Waals surface area contributed by atoms with Crippen LogP contribution in [0.5, 0.6) is 0 Å². The van der Waals surface area contributed by atoms with Gasteiger partial charge in [-0.2, -0.15) is 11.8 Å². The molecule has 4 heteroatoms. The van der Waals surface area contributed by atoms with Crippen molar-refractivity contribution in [3.05, 3.63) is 16.1 Å². The molecule has 0 aromatic carbocycles. The quantitative estimate of drug-likeness (QED) is 0.881. The highest BCUT2D eigenvalue weighted by molar-refractivity contribution is 7.99. The van der Waals surface area contributed by atoms with Crippen molar-refractivity contribution in [3.63, 3.8) is 0 Å². The van der Waals surface area contributed by atoms with Crippen molar-refractivity contribution in [3.8, 4) is 0 Å². The average molecular weight is 299 g/mol. The summed E-state index contributed by atoms with van der Waals surface area (Å²) < 4.78 is 0. The first-order valence-corrected chi connectivity index (χ1v) is 9.23. The number of hydrogen-bond acceptors (Lipinski definition) is 4. The van der Waals surface area contributed by atoms with E-state index in [1.165, 1.54) is 35.7 Å². The number of aromatic nitrogens is 1. The summed E-state index contributed by atoms with van der Waals surface area (Å²) in [6, 6.07) is 0.687. The smallest absolute Gasteiger partial charge is 0.107 e. The molecule has 1 N–H and O–H groups in total. The molecule has 2 unspecified atom stereocenters. The number of hydrogen-bond donors (Lipinski definition) is 1. The molecule has 0 spiro atoms. The van der Waals surface area contributed by atoms with Gasteiger partial charge < -0.3 is 5.32 Å². The molecule has 0 radical (unpaired) electrons. The SMILES string of the molecule is CCSC1CCCC1NCc1nc(C(C)(C)C)cs1. The third kappa shape index (κ3) is 4.20. The Morgan fingerprint density at radius 1 is 1.42 bits per heavy atom. The average Bonchev–Trinajstić information content (AvgIpc) is 2.94. The van der Waals surface area contributed by atoms with Gasteiger partial charge in [0.15, 0.2) is 0 Å². The standard InChI is InChI=1S/C15H26N2S2/c1-5-18-12-8-6-7-11(12)16-9-14-17-13(10-19-14)15(2,3)4/h10-12,16H,5-9H2,1-4H3. The molecule has 1 fully saturated rings. The number of rotatable bonds is 5. The zero-order chi connectivity index (χ0) is 13.9. The minimum atomic E-state index is 0.169. The normalized spacial score (nSPS) is 24.0. The molecule has 19 heavy (non-hydrogen) atoms. The number of thiazole rings is 1. The van der Waals surface area contributed by atoms with Gasteiger partial charge in [-0.25, -0.2) is 4.98 Å². The summed E-state index contributed by atoms with van der Waals surface area (Å²) in [5, 5.41) is 7.98. The Labute approximate surface area is 125 Å². The zero-order valence-electron chi connectivity index (χ0n) is 12.5. The number of nitrogens with one attached hydrogen (secondary N) is 1. The van der Waals surface area contributed by atoms with Crippen molar-refractivity contribution in [1.82, 2.24) is 10.3 Å². The van der Waals surface area contributed by atoms with Gasteiger partial charge in [0, 0.05) is 28.6 Å². The predicted octanol–water partition coefficient (Wildman–Crippen LogP) is 4.20. The fraction of sp³-hybridized carbons (Fsp3) is 0.800. The van der Waals surface area contributed by atoms with Crippen molar-refractivity contribution in [2.75, 3.05) is 5.75 Å². The third-order valence-corrected chi connectivity index (χ3v) is 5.84. The maximum Gasteiger partial charge on any atom is 0.107 e. The molecular formula is C15H26N2S2. The topological polar surface area (TPSA) is 24.9 Å². The Morgan fingerprint density at radius 3 is 2.84 bits per heavy atom. The number of thioether (sulfide) groups is 1. The first-order valence-electron chi connectivity index (χ1n) is 7.30. The van der Waals surface area contributed by atoms with E-state index in [-0.39, 0.29) is 5.41 Å². The Morgan fingerprint density at radius 2 is 2.21 bits per heavy atom. The van der Waals surface area contributed by atoms with Crippen molar-refractivity contribution < 1.29 is 0 Å². The summed E-state index contributed by atoms with van der Waals surface area (Å²) in [4.78, 5) is 4.76. The molecule has 0 saturated heterocycles. The van der Waals surface area contributed by atoms with E-state index in [9.17, 15) is 0 Å². The van der Waals surface area contributed by atoms with Crippen LogP contribution >= 0.6 is 23.1 Å². The van der Waals surface area contributed by atoms with Crippen LogP contribution in [0.2, 0.25) is 0 Å². The van der Waals surface area contributed by atoms with Crippen molar-refractivity contribution in [1.29, 1.82) is 0 Å². The van der Waals surface area contributed by atoms with Gasteiger partial charge in [-0.1, -0.05) is 34.1 Å². The van der Waals surface area contributed by atoms with Crippen LogP contribution in [0.3, 0.4) is 0 Å². The van der Waals surface area contributed by atoms with E-state index in [0.29, 0.717) is 6.04 Å². The van der Waals surface area contributed by atoms with Crippen LogP contribution in [-0.4, -0.2) is 22.0 Å². The monoisotopic (exact) mass is 298 g/mol. The Hall–Kier alpha value is -0.0600. The minimum absolute atomic E-state index is 0.169.